The molecule has 0 saturated heterocycles. The van der Waals surface area contributed by atoms with E-state index in [1.54, 1.807) is 0 Å². The zero-order valence-electron chi connectivity index (χ0n) is 16.5. The molecule has 1 aromatic heterocycles. The number of benzene rings is 2. The third kappa shape index (κ3) is 4.42. The molecule has 0 unspecified atom stereocenters. The predicted molar refractivity (Wildman–Crippen MR) is 110 cm³/mol. The first-order valence-corrected chi connectivity index (χ1v) is 9.50. The Hall–Kier alpha value is -3.08. The van der Waals surface area contributed by atoms with Gasteiger partial charge in [0, 0.05) is 17.4 Å². The van der Waals surface area contributed by atoms with Gasteiger partial charge in [-0.1, -0.05) is 62.4 Å². The van der Waals surface area contributed by atoms with E-state index in [1.807, 2.05) is 79.1 Å². The first-order chi connectivity index (χ1) is 13.5. The Kier molecular flexibility index (Phi) is 6.14. The largest absolute Gasteiger partial charge is 0.467 e. The van der Waals surface area contributed by atoms with Crippen LogP contribution in [0, 0.1) is 5.92 Å². The van der Waals surface area contributed by atoms with E-state index in [9.17, 15) is 9.59 Å². The van der Waals surface area contributed by atoms with E-state index >= 15 is 0 Å². The SMILES string of the molecule is COC(=O)[C@@H](CC(C)C)NC(=O)c1cc2ccccc2n1Cc1ccccc1. The van der Waals surface area contributed by atoms with Crippen molar-refractivity contribution in [2.75, 3.05) is 7.11 Å². The lowest BCUT2D eigenvalue weighted by Crippen LogP contribution is -2.43. The van der Waals surface area contributed by atoms with Gasteiger partial charge in [-0.3, -0.25) is 4.79 Å². The summed E-state index contributed by atoms with van der Waals surface area (Å²) in [5.74, 6) is -0.449. The molecule has 0 saturated carbocycles. The van der Waals surface area contributed by atoms with Crippen molar-refractivity contribution in [3.63, 3.8) is 0 Å². The van der Waals surface area contributed by atoms with Crippen LogP contribution in [0.25, 0.3) is 10.9 Å². The molecule has 1 N–H and O–H groups in total. The molecule has 2 aromatic carbocycles. The molecule has 1 atom stereocenters. The Morgan fingerprint density at radius 2 is 1.71 bits per heavy atom. The van der Waals surface area contributed by atoms with Crippen molar-refractivity contribution in [3.05, 3.63) is 71.9 Å². The highest BCUT2D eigenvalue weighted by molar-refractivity contribution is 6.00. The van der Waals surface area contributed by atoms with Gasteiger partial charge in [-0.25, -0.2) is 4.79 Å². The van der Waals surface area contributed by atoms with Gasteiger partial charge in [0.1, 0.15) is 11.7 Å². The topological polar surface area (TPSA) is 60.3 Å². The quantitative estimate of drug-likeness (QED) is 0.632. The monoisotopic (exact) mass is 378 g/mol. The van der Waals surface area contributed by atoms with Crippen LogP contribution in [-0.4, -0.2) is 29.6 Å². The van der Waals surface area contributed by atoms with Gasteiger partial charge >= 0.3 is 5.97 Å². The summed E-state index contributed by atoms with van der Waals surface area (Å²) in [5, 5.41) is 3.86. The molecule has 1 amide bonds. The Bertz CT molecular complexity index is 960. The maximum Gasteiger partial charge on any atom is 0.328 e. The lowest BCUT2D eigenvalue weighted by Gasteiger charge is -2.19. The molecule has 0 aliphatic heterocycles. The van der Waals surface area contributed by atoms with Gasteiger partial charge in [0.15, 0.2) is 0 Å². The van der Waals surface area contributed by atoms with Gasteiger partial charge in [0.25, 0.3) is 5.91 Å². The number of carbonyl (C=O) groups excluding carboxylic acids is 2. The normalized spacial score (nSPS) is 12.1. The number of fused-ring (bicyclic) bond motifs is 1. The molecule has 3 aromatic rings. The molecule has 5 nitrogen and oxygen atoms in total. The minimum Gasteiger partial charge on any atom is -0.467 e. The number of amides is 1. The van der Waals surface area contributed by atoms with Gasteiger partial charge in [-0.05, 0) is 30.0 Å². The van der Waals surface area contributed by atoms with E-state index in [1.165, 1.54) is 7.11 Å². The van der Waals surface area contributed by atoms with Gasteiger partial charge in [-0.2, -0.15) is 0 Å². The number of rotatable bonds is 7. The molecule has 0 bridgehead atoms. The van der Waals surface area contributed by atoms with E-state index in [2.05, 4.69) is 5.32 Å². The van der Waals surface area contributed by atoms with Crippen molar-refractivity contribution in [1.29, 1.82) is 0 Å². The number of para-hydroxylation sites is 1. The fourth-order valence-electron chi connectivity index (χ4n) is 3.39. The predicted octanol–water partition coefficient (Wildman–Crippen LogP) is 4.01. The zero-order valence-corrected chi connectivity index (χ0v) is 16.5. The molecule has 146 valence electrons. The van der Waals surface area contributed by atoms with Crippen LogP contribution in [0.2, 0.25) is 0 Å². The number of ether oxygens (including phenoxy) is 1. The first-order valence-electron chi connectivity index (χ1n) is 9.50. The lowest BCUT2D eigenvalue weighted by molar-refractivity contribution is -0.143. The van der Waals surface area contributed by atoms with Crippen LogP contribution in [0.15, 0.2) is 60.7 Å². The molecule has 1 heterocycles. The smallest absolute Gasteiger partial charge is 0.328 e. The van der Waals surface area contributed by atoms with Crippen molar-refractivity contribution < 1.29 is 14.3 Å². The van der Waals surface area contributed by atoms with E-state index in [-0.39, 0.29) is 11.8 Å². The zero-order chi connectivity index (χ0) is 20.1. The molecule has 0 spiro atoms. The average molecular weight is 378 g/mol. The summed E-state index contributed by atoms with van der Waals surface area (Å²) in [7, 11) is 1.34. The van der Waals surface area contributed by atoms with Crippen LogP contribution in [0.4, 0.5) is 0 Å². The van der Waals surface area contributed by atoms with E-state index in [4.69, 9.17) is 4.74 Å². The van der Waals surface area contributed by atoms with Crippen molar-refractivity contribution in [2.24, 2.45) is 5.92 Å². The molecule has 0 radical (unpaired) electrons. The summed E-state index contributed by atoms with van der Waals surface area (Å²) >= 11 is 0. The Morgan fingerprint density at radius 1 is 1.04 bits per heavy atom. The van der Waals surface area contributed by atoms with E-state index in [0.29, 0.717) is 18.7 Å². The van der Waals surface area contributed by atoms with E-state index < -0.39 is 12.0 Å². The minimum absolute atomic E-state index is 0.250. The second kappa shape index (κ2) is 8.74. The second-order valence-corrected chi connectivity index (χ2v) is 7.34. The maximum absolute atomic E-state index is 13.1. The Labute approximate surface area is 165 Å². The summed E-state index contributed by atoms with van der Waals surface area (Å²) in [6, 6.07) is 19.1. The highest BCUT2D eigenvalue weighted by Gasteiger charge is 2.25. The summed E-state index contributed by atoms with van der Waals surface area (Å²) in [4.78, 5) is 25.2. The highest BCUT2D eigenvalue weighted by Crippen LogP contribution is 2.22. The average Bonchev–Trinajstić information content (AvgIpc) is 3.06. The Morgan fingerprint density at radius 3 is 2.39 bits per heavy atom. The summed E-state index contributed by atoms with van der Waals surface area (Å²) in [6.07, 6.45) is 0.525. The number of methoxy groups -OCH3 is 1. The summed E-state index contributed by atoms with van der Waals surface area (Å²) in [5.41, 5.74) is 2.61. The fourth-order valence-corrected chi connectivity index (χ4v) is 3.39. The van der Waals surface area contributed by atoms with Crippen LogP contribution in [0.1, 0.15) is 36.3 Å². The van der Waals surface area contributed by atoms with Crippen molar-refractivity contribution in [1.82, 2.24) is 9.88 Å². The molecule has 3 rings (SSSR count). The third-order valence-corrected chi connectivity index (χ3v) is 4.72. The highest BCUT2D eigenvalue weighted by atomic mass is 16.5. The molecule has 0 aliphatic carbocycles. The second-order valence-electron chi connectivity index (χ2n) is 7.34. The Balaban J connectivity index is 1.95. The van der Waals surface area contributed by atoms with Crippen molar-refractivity contribution in [2.45, 2.75) is 32.9 Å². The number of hydrogen-bond acceptors (Lipinski definition) is 3. The van der Waals surface area contributed by atoms with Crippen LogP contribution < -0.4 is 5.32 Å². The fraction of sp³-hybridized carbons (Fsp3) is 0.304. The standard InChI is InChI=1S/C23H26N2O3/c1-16(2)13-19(23(27)28-3)24-22(26)21-14-18-11-7-8-12-20(18)25(21)15-17-9-5-4-6-10-17/h4-12,14,16,19H,13,15H2,1-3H3,(H,24,26)/t19-/m1/s1. The lowest BCUT2D eigenvalue weighted by atomic mass is 10.0. The van der Waals surface area contributed by atoms with Crippen molar-refractivity contribution >= 4 is 22.8 Å². The molecule has 0 aliphatic rings. The maximum atomic E-state index is 13.1. The minimum atomic E-state index is -0.666. The number of nitrogens with one attached hydrogen (secondary N) is 1. The molecular weight excluding hydrogens is 352 g/mol. The molecule has 28 heavy (non-hydrogen) atoms. The number of esters is 1. The van der Waals surface area contributed by atoms with Gasteiger partial charge in [-0.15, -0.1) is 0 Å². The summed E-state index contributed by atoms with van der Waals surface area (Å²) in [6.45, 7) is 4.59. The van der Waals surface area contributed by atoms with Crippen LogP contribution in [0.5, 0.6) is 0 Å². The number of aromatic nitrogens is 1. The van der Waals surface area contributed by atoms with Crippen LogP contribution in [0.3, 0.4) is 0 Å². The third-order valence-electron chi connectivity index (χ3n) is 4.72. The number of hydrogen-bond donors (Lipinski definition) is 1. The van der Waals surface area contributed by atoms with E-state index in [0.717, 1.165) is 16.5 Å². The molecule has 5 heteroatoms. The molecule has 0 fully saturated rings. The number of nitrogens with zero attached hydrogens (tertiary/aromatic N) is 1. The first kappa shape index (κ1) is 19.7. The van der Waals surface area contributed by atoms with Crippen LogP contribution >= 0.6 is 0 Å². The molecular formula is C23H26N2O3. The van der Waals surface area contributed by atoms with Gasteiger partial charge in [0.2, 0.25) is 0 Å². The van der Waals surface area contributed by atoms with Crippen molar-refractivity contribution in [3.8, 4) is 0 Å². The van der Waals surface area contributed by atoms with Gasteiger partial charge in [0.05, 0.1) is 7.11 Å². The van der Waals surface area contributed by atoms with Crippen LogP contribution in [-0.2, 0) is 16.1 Å². The number of carbonyl (C=O) groups is 2. The summed E-state index contributed by atoms with van der Waals surface area (Å²) < 4.78 is 6.86. The van der Waals surface area contributed by atoms with Gasteiger partial charge < -0.3 is 14.6 Å².